The lowest BCUT2D eigenvalue weighted by molar-refractivity contribution is 0.126. The molecule has 0 amide bonds. The van der Waals surface area contributed by atoms with Crippen LogP contribution in [-0.2, 0) is 6.42 Å². The molecule has 2 N–H and O–H groups in total. The topological polar surface area (TPSA) is 58.0 Å². The molecule has 5 heteroatoms. The Balaban J connectivity index is 1.89. The largest absolute Gasteiger partial charge is 0.393 e. The molecule has 1 heterocycles. The highest BCUT2D eigenvalue weighted by molar-refractivity contribution is 6.30. The van der Waals surface area contributed by atoms with Gasteiger partial charge in [-0.15, -0.1) is 0 Å². The van der Waals surface area contributed by atoms with Gasteiger partial charge in [-0.25, -0.2) is 9.97 Å². The molecule has 0 atom stereocenters. The highest BCUT2D eigenvalue weighted by Crippen LogP contribution is 2.29. The van der Waals surface area contributed by atoms with Crippen molar-refractivity contribution in [3.8, 4) is 11.4 Å². The predicted molar refractivity (Wildman–Crippen MR) is 93.7 cm³/mol. The van der Waals surface area contributed by atoms with Gasteiger partial charge in [-0.05, 0) is 32.1 Å². The van der Waals surface area contributed by atoms with Crippen LogP contribution in [0.5, 0.6) is 0 Å². The summed E-state index contributed by atoms with van der Waals surface area (Å²) in [5.74, 6) is 1.47. The van der Waals surface area contributed by atoms with Gasteiger partial charge in [0.05, 0.1) is 6.10 Å². The van der Waals surface area contributed by atoms with Crippen molar-refractivity contribution in [3.05, 3.63) is 41.0 Å². The van der Waals surface area contributed by atoms with Gasteiger partial charge in [-0.2, -0.15) is 0 Å². The third-order valence-corrected chi connectivity index (χ3v) is 4.69. The summed E-state index contributed by atoms with van der Waals surface area (Å²) in [5, 5.41) is 13.7. The summed E-state index contributed by atoms with van der Waals surface area (Å²) >= 11 is 6.39. The van der Waals surface area contributed by atoms with Crippen LogP contribution in [0.15, 0.2) is 30.3 Å². The van der Waals surface area contributed by atoms with Gasteiger partial charge in [-0.1, -0.05) is 48.9 Å². The van der Waals surface area contributed by atoms with E-state index in [1.165, 1.54) is 0 Å². The summed E-state index contributed by atoms with van der Waals surface area (Å²) in [6.45, 7) is 2.06. The number of halogens is 1. The average Bonchev–Trinajstić information content (AvgIpc) is 2.57. The molecule has 0 aliphatic heterocycles. The summed E-state index contributed by atoms with van der Waals surface area (Å²) < 4.78 is 0. The summed E-state index contributed by atoms with van der Waals surface area (Å²) in [7, 11) is 0. The number of hydrogen-bond donors (Lipinski definition) is 2. The number of aromatic nitrogens is 2. The van der Waals surface area contributed by atoms with Gasteiger partial charge < -0.3 is 10.4 Å². The predicted octanol–water partition coefficient (Wildman–Crippen LogP) is 4.07. The average molecular weight is 332 g/mol. The fraction of sp³-hybridized carbons (Fsp3) is 0.444. The maximum atomic E-state index is 9.66. The number of rotatable bonds is 4. The maximum Gasteiger partial charge on any atom is 0.163 e. The Morgan fingerprint density at radius 1 is 1.13 bits per heavy atom. The molecule has 0 saturated heterocycles. The summed E-state index contributed by atoms with van der Waals surface area (Å²) in [4.78, 5) is 9.17. The standard InChI is InChI=1S/C18H22ClN3O/c1-2-15-16(19)21-17(12-6-4-3-5-7-12)22-18(15)20-13-8-10-14(23)11-9-13/h3-7,13-14,23H,2,8-11H2,1H3,(H,20,21,22). The smallest absolute Gasteiger partial charge is 0.163 e. The Labute approximate surface area is 141 Å². The van der Waals surface area contributed by atoms with Crippen molar-refractivity contribution in [1.82, 2.24) is 9.97 Å². The number of hydrogen-bond acceptors (Lipinski definition) is 4. The molecule has 1 aliphatic carbocycles. The van der Waals surface area contributed by atoms with Crippen LogP contribution in [0.1, 0.15) is 38.2 Å². The molecule has 4 nitrogen and oxygen atoms in total. The maximum absolute atomic E-state index is 9.66. The molecule has 1 fully saturated rings. The van der Waals surface area contributed by atoms with Gasteiger partial charge in [-0.3, -0.25) is 0 Å². The van der Waals surface area contributed by atoms with E-state index in [2.05, 4.69) is 17.2 Å². The number of aliphatic hydroxyl groups is 1. The molecule has 0 bridgehead atoms. The Kier molecular flexibility index (Phi) is 5.13. The van der Waals surface area contributed by atoms with Crippen molar-refractivity contribution in [2.75, 3.05) is 5.32 Å². The molecule has 1 aliphatic rings. The van der Waals surface area contributed by atoms with E-state index in [1.807, 2.05) is 30.3 Å². The van der Waals surface area contributed by atoms with E-state index in [9.17, 15) is 5.11 Å². The molecular formula is C18H22ClN3O. The quantitative estimate of drug-likeness (QED) is 0.829. The summed E-state index contributed by atoms with van der Waals surface area (Å²) in [6.07, 6.45) is 4.20. The van der Waals surface area contributed by atoms with E-state index < -0.39 is 0 Å². The third kappa shape index (κ3) is 3.82. The molecule has 0 radical (unpaired) electrons. The SMILES string of the molecule is CCc1c(Cl)nc(-c2ccccc2)nc1NC1CCC(O)CC1. The van der Waals surface area contributed by atoms with Crippen molar-refractivity contribution < 1.29 is 5.11 Å². The second kappa shape index (κ2) is 7.28. The molecule has 23 heavy (non-hydrogen) atoms. The van der Waals surface area contributed by atoms with Crippen LogP contribution < -0.4 is 5.32 Å². The van der Waals surface area contributed by atoms with Crippen LogP contribution in [0.4, 0.5) is 5.82 Å². The molecule has 1 aromatic carbocycles. The lowest BCUT2D eigenvalue weighted by Crippen LogP contribution is -2.29. The van der Waals surface area contributed by atoms with Crippen LogP contribution in [0.25, 0.3) is 11.4 Å². The first kappa shape index (κ1) is 16.2. The van der Waals surface area contributed by atoms with Crippen molar-refractivity contribution >= 4 is 17.4 Å². The van der Waals surface area contributed by atoms with Gasteiger partial charge in [0.15, 0.2) is 5.82 Å². The number of benzene rings is 1. The van der Waals surface area contributed by atoms with Crippen LogP contribution in [-0.4, -0.2) is 27.2 Å². The minimum atomic E-state index is -0.160. The van der Waals surface area contributed by atoms with Crippen molar-refractivity contribution in [3.63, 3.8) is 0 Å². The van der Waals surface area contributed by atoms with Crippen molar-refractivity contribution in [2.45, 2.75) is 51.2 Å². The Bertz CT molecular complexity index is 655. The van der Waals surface area contributed by atoms with Crippen LogP contribution in [0, 0.1) is 0 Å². The van der Waals surface area contributed by atoms with Crippen molar-refractivity contribution in [1.29, 1.82) is 0 Å². The zero-order chi connectivity index (χ0) is 16.2. The molecule has 122 valence electrons. The number of aliphatic hydroxyl groups excluding tert-OH is 1. The minimum absolute atomic E-state index is 0.160. The second-order valence-corrected chi connectivity index (χ2v) is 6.39. The Hall–Kier alpha value is -1.65. The molecule has 1 saturated carbocycles. The third-order valence-electron chi connectivity index (χ3n) is 4.38. The fourth-order valence-electron chi connectivity index (χ4n) is 3.02. The normalized spacial score (nSPS) is 21.2. The fourth-order valence-corrected chi connectivity index (χ4v) is 3.32. The van der Waals surface area contributed by atoms with Crippen LogP contribution >= 0.6 is 11.6 Å². The van der Waals surface area contributed by atoms with Gasteiger partial charge in [0.2, 0.25) is 0 Å². The minimum Gasteiger partial charge on any atom is -0.393 e. The first-order valence-electron chi connectivity index (χ1n) is 8.23. The Morgan fingerprint density at radius 2 is 1.83 bits per heavy atom. The van der Waals surface area contributed by atoms with Crippen molar-refractivity contribution in [2.24, 2.45) is 0 Å². The van der Waals surface area contributed by atoms with Gasteiger partial charge >= 0.3 is 0 Å². The molecule has 0 unspecified atom stereocenters. The van der Waals surface area contributed by atoms with Gasteiger partial charge in [0.25, 0.3) is 0 Å². The first-order valence-corrected chi connectivity index (χ1v) is 8.61. The number of nitrogens with zero attached hydrogens (tertiary/aromatic N) is 2. The van der Waals surface area contributed by atoms with E-state index >= 15 is 0 Å². The highest BCUT2D eigenvalue weighted by atomic mass is 35.5. The zero-order valence-corrected chi connectivity index (χ0v) is 14.1. The first-order chi connectivity index (χ1) is 11.2. The molecule has 1 aromatic heterocycles. The van der Waals surface area contributed by atoms with E-state index in [0.29, 0.717) is 17.0 Å². The summed E-state index contributed by atoms with van der Waals surface area (Å²) in [6, 6.07) is 10.2. The van der Waals surface area contributed by atoms with E-state index in [4.69, 9.17) is 16.6 Å². The summed E-state index contributed by atoms with van der Waals surface area (Å²) in [5.41, 5.74) is 1.91. The number of anilines is 1. The number of nitrogens with one attached hydrogen (secondary N) is 1. The van der Waals surface area contributed by atoms with Crippen LogP contribution in [0.3, 0.4) is 0 Å². The molecule has 0 spiro atoms. The van der Waals surface area contributed by atoms with Gasteiger partial charge in [0.1, 0.15) is 11.0 Å². The lowest BCUT2D eigenvalue weighted by atomic mass is 9.93. The van der Waals surface area contributed by atoms with E-state index in [-0.39, 0.29) is 6.10 Å². The lowest BCUT2D eigenvalue weighted by Gasteiger charge is -2.27. The zero-order valence-electron chi connectivity index (χ0n) is 13.3. The second-order valence-electron chi connectivity index (χ2n) is 6.03. The Morgan fingerprint density at radius 3 is 2.48 bits per heavy atom. The monoisotopic (exact) mass is 331 g/mol. The highest BCUT2D eigenvalue weighted by Gasteiger charge is 2.21. The van der Waals surface area contributed by atoms with Gasteiger partial charge in [0, 0.05) is 17.2 Å². The molecule has 2 aromatic rings. The van der Waals surface area contributed by atoms with Crippen LogP contribution in [0.2, 0.25) is 5.15 Å². The molecule has 3 rings (SSSR count). The molecular weight excluding hydrogens is 310 g/mol. The van der Waals surface area contributed by atoms with E-state index in [1.54, 1.807) is 0 Å². The van der Waals surface area contributed by atoms with E-state index in [0.717, 1.165) is 49.0 Å².